The molecule has 0 aliphatic carbocycles. The SMILES string of the molecule is N.N.O=C(O)CCC(=O)Nc1ccc(O)c2ncccc12.O=C(O)CCC(=O)Nc1ccc(O)c2ncccc12.[Cl][Pt+2][Cl]. The standard InChI is InChI=1S/2C13H12N2O4.2ClH.2H3N.Pt/c2*16-10-4-3-9(8-2-1-7-14-13(8)10)15-11(17)5-6-12(18)19;;;;;/h2*1-4,7,16H,5-6H2,(H,15,17)(H,18,19);2*1H;2*1H3;/q;;;;;;+4/p-2. The van der Waals surface area contributed by atoms with Gasteiger partial charge in [-0.05, 0) is 48.5 Å². The molecule has 2 amide bonds. The van der Waals surface area contributed by atoms with Gasteiger partial charge in [-0.1, -0.05) is 0 Å². The molecule has 234 valence electrons. The van der Waals surface area contributed by atoms with Crippen LogP contribution in [-0.4, -0.2) is 54.1 Å². The first-order chi connectivity index (χ1) is 19.6. The molecular formula is C26H30Cl2N6O8Pt+2. The number of phenolic OH excluding ortho intramolecular Hbond substituents is 2. The van der Waals surface area contributed by atoms with Gasteiger partial charge in [-0.2, -0.15) is 0 Å². The number of aliphatic carboxylic acids is 2. The van der Waals surface area contributed by atoms with Crippen LogP contribution in [0, 0.1) is 0 Å². The molecule has 0 bridgehead atoms. The number of carboxylic acid groups (broad SMARTS) is 2. The zero-order chi connectivity index (χ0) is 30.4. The number of amides is 2. The molecule has 0 aliphatic heterocycles. The molecule has 12 N–H and O–H groups in total. The number of carboxylic acids is 2. The van der Waals surface area contributed by atoms with E-state index in [1.807, 2.05) is 0 Å². The number of halogens is 2. The molecule has 0 fully saturated rings. The van der Waals surface area contributed by atoms with E-state index >= 15 is 0 Å². The number of fused-ring (bicyclic) bond motifs is 2. The fourth-order valence-electron chi connectivity index (χ4n) is 3.40. The number of hydrogen-bond donors (Lipinski definition) is 8. The summed E-state index contributed by atoms with van der Waals surface area (Å²) in [6, 6.07) is 12.8. The van der Waals surface area contributed by atoms with E-state index in [1.54, 1.807) is 36.4 Å². The Hall–Kier alpha value is -4.07. The van der Waals surface area contributed by atoms with E-state index in [0.717, 1.165) is 0 Å². The first kappa shape index (κ1) is 38.9. The third-order valence-electron chi connectivity index (χ3n) is 5.18. The van der Waals surface area contributed by atoms with E-state index in [1.165, 1.54) is 24.5 Å². The van der Waals surface area contributed by atoms with Crippen molar-refractivity contribution < 1.29 is 56.1 Å². The number of aromatic nitrogens is 2. The monoisotopic (exact) mass is 819 g/mol. The Morgan fingerprint density at radius 1 is 0.651 bits per heavy atom. The first-order valence-corrected chi connectivity index (χ1v) is 17.2. The predicted molar refractivity (Wildman–Crippen MR) is 160 cm³/mol. The van der Waals surface area contributed by atoms with Gasteiger partial charge in [-0.25, -0.2) is 0 Å². The van der Waals surface area contributed by atoms with Crippen LogP contribution in [-0.2, 0) is 35.7 Å². The van der Waals surface area contributed by atoms with Crippen molar-refractivity contribution in [2.24, 2.45) is 0 Å². The van der Waals surface area contributed by atoms with Gasteiger partial charge in [-0.15, -0.1) is 0 Å². The molecule has 0 spiro atoms. The number of nitrogens with one attached hydrogen (secondary N) is 2. The van der Waals surface area contributed by atoms with Crippen LogP contribution in [0.25, 0.3) is 21.8 Å². The van der Waals surface area contributed by atoms with Gasteiger partial charge < -0.3 is 43.4 Å². The minimum atomic E-state index is -1.02. The number of anilines is 2. The van der Waals surface area contributed by atoms with Gasteiger partial charge in [0.05, 0.1) is 24.2 Å². The number of phenols is 2. The fraction of sp³-hybridized carbons (Fsp3) is 0.154. The van der Waals surface area contributed by atoms with E-state index in [2.05, 4.69) is 20.6 Å². The van der Waals surface area contributed by atoms with E-state index in [0.29, 0.717) is 33.2 Å². The first-order valence-electron chi connectivity index (χ1n) is 11.6. The van der Waals surface area contributed by atoms with Gasteiger partial charge in [0.15, 0.2) is 0 Å². The Kier molecular flexibility index (Phi) is 18.1. The Bertz CT molecular complexity index is 1430. The van der Waals surface area contributed by atoms with Crippen molar-refractivity contribution in [3.63, 3.8) is 0 Å². The van der Waals surface area contributed by atoms with E-state index in [-0.39, 0.29) is 49.5 Å². The molecule has 0 radical (unpaired) electrons. The molecule has 2 aromatic carbocycles. The third kappa shape index (κ3) is 12.8. The predicted octanol–water partition coefficient (Wildman–Crippen LogP) is 5.19. The summed E-state index contributed by atoms with van der Waals surface area (Å²) in [4.78, 5) is 52.0. The van der Waals surface area contributed by atoms with Crippen molar-refractivity contribution in [1.29, 1.82) is 0 Å². The molecule has 0 aliphatic rings. The molecule has 4 rings (SSSR count). The molecule has 2 heterocycles. The van der Waals surface area contributed by atoms with Gasteiger partial charge in [0.1, 0.15) is 22.5 Å². The molecule has 14 nitrogen and oxygen atoms in total. The second-order valence-corrected chi connectivity index (χ2v) is 11.3. The van der Waals surface area contributed by atoms with E-state index < -0.39 is 40.2 Å². The molecule has 4 aromatic rings. The number of benzene rings is 2. The topological polar surface area (TPSA) is 269 Å². The summed E-state index contributed by atoms with van der Waals surface area (Å²) in [5.41, 5.74) is 1.77. The average Bonchev–Trinajstić information content (AvgIpc) is 2.95. The Morgan fingerprint density at radius 3 is 1.33 bits per heavy atom. The number of carbonyl (C=O) groups is 4. The number of nitrogens with zero attached hydrogens (tertiary/aromatic N) is 2. The Balaban J connectivity index is 0.000000721. The molecule has 0 saturated heterocycles. The van der Waals surface area contributed by atoms with Gasteiger partial charge in [0, 0.05) is 36.0 Å². The van der Waals surface area contributed by atoms with E-state index in [4.69, 9.17) is 29.0 Å². The van der Waals surface area contributed by atoms with Crippen LogP contribution in [0.4, 0.5) is 11.4 Å². The van der Waals surface area contributed by atoms with Crippen molar-refractivity contribution in [3.05, 3.63) is 60.9 Å². The zero-order valence-corrected chi connectivity index (χ0v) is 26.2. The Morgan fingerprint density at radius 2 is 1.00 bits per heavy atom. The summed E-state index contributed by atoms with van der Waals surface area (Å²) in [7, 11) is 9.75. The van der Waals surface area contributed by atoms with Gasteiger partial charge in [0.25, 0.3) is 0 Å². The van der Waals surface area contributed by atoms with Crippen molar-refractivity contribution >= 4 is 75.8 Å². The molecule has 43 heavy (non-hydrogen) atoms. The van der Waals surface area contributed by atoms with Crippen molar-refractivity contribution in [2.75, 3.05) is 10.6 Å². The summed E-state index contributed by atoms with van der Waals surface area (Å²) in [5, 5.41) is 42.8. The summed E-state index contributed by atoms with van der Waals surface area (Å²) >= 11 is -0.472. The number of hydrogen-bond acceptors (Lipinski definition) is 10. The summed E-state index contributed by atoms with van der Waals surface area (Å²) in [6.45, 7) is 0. The van der Waals surface area contributed by atoms with E-state index in [9.17, 15) is 29.4 Å². The van der Waals surface area contributed by atoms with Crippen LogP contribution in [0.15, 0.2) is 60.9 Å². The molecule has 0 saturated carbocycles. The quantitative estimate of drug-likeness (QED) is 0.107. The molecule has 2 aromatic heterocycles. The number of rotatable bonds is 8. The van der Waals surface area contributed by atoms with Gasteiger partial charge >= 0.3 is 47.3 Å². The molecule has 0 unspecified atom stereocenters. The van der Waals surface area contributed by atoms with Crippen LogP contribution in [0.3, 0.4) is 0 Å². The summed E-state index contributed by atoms with van der Waals surface area (Å²) < 4.78 is 0. The minimum absolute atomic E-state index is 0. The number of pyridine rings is 2. The summed E-state index contributed by atoms with van der Waals surface area (Å²) in [5.74, 6) is -2.77. The van der Waals surface area contributed by atoms with Crippen LogP contribution < -0.4 is 22.9 Å². The zero-order valence-electron chi connectivity index (χ0n) is 22.4. The third-order valence-corrected chi connectivity index (χ3v) is 5.18. The molecule has 0 atom stereocenters. The van der Waals surface area contributed by atoms with Gasteiger partial charge in [-0.3, -0.25) is 29.1 Å². The van der Waals surface area contributed by atoms with Crippen LogP contribution >= 0.6 is 18.8 Å². The Labute approximate surface area is 262 Å². The molecule has 17 heteroatoms. The second-order valence-electron chi connectivity index (χ2n) is 7.99. The van der Waals surface area contributed by atoms with Crippen LogP contribution in [0.5, 0.6) is 11.5 Å². The summed E-state index contributed by atoms with van der Waals surface area (Å²) in [6.07, 6.45) is 2.44. The van der Waals surface area contributed by atoms with Crippen molar-refractivity contribution in [2.45, 2.75) is 25.7 Å². The molecular weight excluding hydrogens is 790 g/mol. The number of carbonyl (C=O) groups excluding carboxylic acids is 2. The second kappa shape index (κ2) is 19.9. The maximum atomic E-state index is 11.6. The maximum absolute atomic E-state index is 11.6. The van der Waals surface area contributed by atoms with Gasteiger partial charge in [0.2, 0.25) is 11.8 Å². The van der Waals surface area contributed by atoms with Crippen LogP contribution in [0.1, 0.15) is 25.7 Å². The number of aromatic hydroxyl groups is 2. The fourth-order valence-corrected chi connectivity index (χ4v) is 3.40. The van der Waals surface area contributed by atoms with Crippen LogP contribution in [0.2, 0.25) is 0 Å². The average molecular weight is 821 g/mol. The normalized spacial score (nSPS) is 9.63. The van der Waals surface area contributed by atoms with Crippen molar-refractivity contribution in [3.8, 4) is 11.5 Å². The van der Waals surface area contributed by atoms with Crippen molar-refractivity contribution in [1.82, 2.24) is 22.3 Å².